The largest absolute Gasteiger partial charge is 0.507 e. The van der Waals surface area contributed by atoms with Crippen molar-refractivity contribution in [1.29, 1.82) is 0 Å². The molecule has 1 heterocycles. The lowest BCUT2D eigenvalue weighted by atomic mass is 10.1. The van der Waals surface area contributed by atoms with E-state index in [0.717, 1.165) is 18.4 Å². The highest BCUT2D eigenvalue weighted by atomic mass is 16.6. The predicted octanol–water partition coefficient (Wildman–Crippen LogP) is 4.50. The minimum atomic E-state index is -0.845. The smallest absolute Gasteiger partial charge is 0.383 e. The predicted molar refractivity (Wildman–Crippen MR) is 103 cm³/mol. The summed E-state index contributed by atoms with van der Waals surface area (Å²) >= 11 is 0. The Morgan fingerprint density at radius 1 is 1.15 bits per heavy atom. The summed E-state index contributed by atoms with van der Waals surface area (Å²) in [4.78, 5) is 23.5. The molecule has 6 heteroatoms. The molecule has 0 amide bonds. The van der Waals surface area contributed by atoms with E-state index in [-0.39, 0.29) is 34.8 Å². The number of phenolic OH excluding ortho intramolecular Hbond substituents is 1. The van der Waals surface area contributed by atoms with Crippen molar-refractivity contribution in [3.63, 3.8) is 0 Å². The molecule has 1 aromatic heterocycles. The minimum absolute atomic E-state index is 0.0112. The second-order valence-electron chi connectivity index (χ2n) is 6.47. The van der Waals surface area contributed by atoms with Crippen molar-refractivity contribution < 1.29 is 23.8 Å². The van der Waals surface area contributed by atoms with Gasteiger partial charge in [0.05, 0.1) is 0 Å². The van der Waals surface area contributed by atoms with Crippen LogP contribution in [0.15, 0.2) is 50.7 Å². The van der Waals surface area contributed by atoms with E-state index < -0.39 is 11.6 Å². The van der Waals surface area contributed by atoms with Gasteiger partial charge in [-0.05, 0) is 51.8 Å². The molecule has 2 aromatic rings. The number of hydrogen-bond acceptors (Lipinski definition) is 6. The Morgan fingerprint density at radius 3 is 2.56 bits per heavy atom. The molecule has 144 valence electrons. The molecule has 27 heavy (non-hydrogen) atoms. The maximum atomic E-state index is 12.2. The molecule has 0 saturated heterocycles. The topological polar surface area (TPSA) is 86.0 Å². The first-order valence-corrected chi connectivity index (χ1v) is 8.68. The number of carbonyl (C=O) groups excluding carboxylic acids is 1. The maximum absolute atomic E-state index is 12.2. The lowest BCUT2D eigenvalue weighted by Gasteiger charge is -2.12. The molecule has 0 atom stereocenters. The third-order valence-corrected chi connectivity index (χ3v) is 3.82. The minimum Gasteiger partial charge on any atom is -0.507 e. The Hall–Kier alpha value is -3.02. The van der Waals surface area contributed by atoms with E-state index in [4.69, 9.17) is 13.9 Å². The van der Waals surface area contributed by atoms with Gasteiger partial charge in [-0.2, -0.15) is 0 Å². The monoisotopic (exact) mass is 372 g/mol. The first-order valence-electron chi connectivity index (χ1n) is 8.68. The van der Waals surface area contributed by atoms with Gasteiger partial charge < -0.3 is 19.0 Å². The average molecular weight is 372 g/mol. The van der Waals surface area contributed by atoms with E-state index >= 15 is 0 Å². The summed E-state index contributed by atoms with van der Waals surface area (Å²) in [6, 6.07) is 4.51. The van der Waals surface area contributed by atoms with Gasteiger partial charge in [-0.3, -0.25) is 4.79 Å². The molecule has 1 N–H and O–H groups in total. The Balaban J connectivity index is 2.33. The fourth-order valence-electron chi connectivity index (χ4n) is 2.51. The number of esters is 1. The van der Waals surface area contributed by atoms with Gasteiger partial charge in [0.1, 0.15) is 23.3 Å². The molecule has 0 bridgehead atoms. The highest BCUT2D eigenvalue weighted by Crippen LogP contribution is 2.38. The van der Waals surface area contributed by atoms with Crippen molar-refractivity contribution in [3.05, 3.63) is 51.9 Å². The van der Waals surface area contributed by atoms with Crippen LogP contribution in [-0.2, 0) is 4.79 Å². The third kappa shape index (κ3) is 5.48. The Labute approximate surface area is 157 Å². The van der Waals surface area contributed by atoms with Crippen LogP contribution < -0.4 is 15.1 Å². The highest BCUT2D eigenvalue weighted by Gasteiger charge is 2.21. The molecule has 0 aliphatic carbocycles. The third-order valence-electron chi connectivity index (χ3n) is 3.82. The van der Waals surface area contributed by atoms with Gasteiger partial charge in [0.15, 0.2) is 5.75 Å². The molecule has 0 unspecified atom stereocenters. The summed E-state index contributed by atoms with van der Waals surface area (Å²) in [6.07, 6.45) is 5.86. The van der Waals surface area contributed by atoms with Gasteiger partial charge in [-0.25, -0.2) is 4.79 Å². The molecule has 1 aromatic carbocycles. The second-order valence-corrected chi connectivity index (χ2v) is 6.47. The first-order chi connectivity index (χ1) is 12.8. The fourth-order valence-corrected chi connectivity index (χ4v) is 2.51. The summed E-state index contributed by atoms with van der Waals surface area (Å²) in [6.45, 7) is 7.42. The van der Waals surface area contributed by atoms with Crippen molar-refractivity contribution in [3.8, 4) is 17.2 Å². The number of phenols is 1. The molecule has 0 aliphatic rings. The van der Waals surface area contributed by atoms with Crippen LogP contribution in [0.4, 0.5) is 0 Å². The van der Waals surface area contributed by atoms with Crippen molar-refractivity contribution in [2.75, 3.05) is 6.61 Å². The Morgan fingerprint density at radius 2 is 1.89 bits per heavy atom. The molecule has 0 fully saturated rings. The fraction of sp³-hybridized carbons (Fsp3) is 0.333. The van der Waals surface area contributed by atoms with Crippen molar-refractivity contribution in [2.24, 2.45) is 0 Å². The van der Waals surface area contributed by atoms with Crippen molar-refractivity contribution in [1.82, 2.24) is 0 Å². The SMILES string of the molecule is CC(=O)Oc1c(OCC=C(C)CCC=C(C)C)c2c(O)cccc2oc1=O. The molecule has 0 aliphatic heterocycles. The van der Waals surface area contributed by atoms with Crippen LogP contribution in [0.3, 0.4) is 0 Å². The van der Waals surface area contributed by atoms with E-state index in [0.29, 0.717) is 0 Å². The normalized spacial score (nSPS) is 11.3. The van der Waals surface area contributed by atoms with Gasteiger partial charge in [-0.15, -0.1) is 0 Å². The molecule has 0 radical (unpaired) electrons. The second kappa shape index (κ2) is 9.07. The van der Waals surface area contributed by atoms with E-state index in [1.54, 1.807) is 6.07 Å². The van der Waals surface area contributed by atoms with Gasteiger partial charge >= 0.3 is 11.6 Å². The molecular formula is C21H24O6. The number of fused-ring (bicyclic) bond motifs is 1. The molecule has 2 rings (SSSR count). The first kappa shape index (κ1) is 20.3. The summed E-state index contributed by atoms with van der Waals surface area (Å²) < 4.78 is 15.8. The zero-order valence-corrected chi connectivity index (χ0v) is 16.0. The van der Waals surface area contributed by atoms with E-state index in [1.165, 1.54) is 24.6 Å². The molecule has 0 saturated carbocycles. The molecule has 0 spiro atoms. The average Bonchev–Trinajstić information content (AvgIpc) is 2.57. The number of carbonyl (C=O) groups is 1. The number of rotatable bonds is 7. The van der Waals surface area contributed by atoms with E-state index in [2.05, 4.69) is 19.9 Å². The van der Waals surface area contributed by atoms with Crippen LogP contribution in [0, 0.1) is 0 Å². The van der Waals surface area contributed by atoms with Crippen LogP contribution in [0.5, 0.6) is 17.2 Å². The molecule has 6 nitrogen and oxygen atoms in total. The van der Waals surface area contributed by atoms with Crippen LogP contribution in [0.1, 0.15) is 40.5 Å². The summed E-state index contributed by atoms with van der Waals surface area (Å²) in [5, 5.41) is 10.4. The standard InChI is InChI=1S/C21H24O6/c1-13(2)7-5-8-14(3)11-12-25-19-18-16(23)9-6-10-17(18)27-21(24)20(19)26-15(4)22/h6-7,9-11,23H,5,8,12H2,1-4H3. The van der Waals surface area contributed by atoms with Crippen LogP contribution in [0.25, 0.3) is 11.0 Å². The number of ether oxygens (including phenoxy) is 2. The Bertz CT molecular complexity index is 945. The zero-order valence-electron chi connectivity index (χ0n) is 16.0. The van der Waals surface area contributed by atoms with Gasteiger partial charge in [-0.1, -0.05) is 23.3 Å². The summed E-state index contributed by atoms with van der Waals surface area (Å²) in [7, 11) is 0. The molecular weight excluding hydrogens is 348 g/mol. The van der Waals surface area contributed by atoms with Crippen molar-refractivity contribution in [2.45, 2.75) is 40.5 Å². The summed E-state index contributed by atoms with van der Waals surface area (Å²) in [5.41, 5.74) is 1.69. The number of benzene rings is 1. The van der Waals surface area contributed by atoms with Gasteiger partial charge in [0.2, 0.25) is 0 Å². The van der Waals surface area contributed by atoms with Crippen LogP contribution >= 0.6 is 0 Å². The Kier molecular flexibility index (Phi) is 6.82. The quantitative estimate of drug-likeness (QED) is 0.438. The lowest BCUT2D eigenvalue weighted by Crippen LogP contribution is -2.13. The van der Waals surface area contributed by atoms with Crippen LogP contribution in [-0.4, -0.2) is 17.7 Å². The number of allylic oxidation sites excluding steroid dienone is 3. The van der Waals surface area contributed by atoms with E-state index in [1.807, 2.05) is 13.0 Å². The van der Waals surface area contributed by atoms with E-state index in [9.17, 15) is 14.7 Å². The van der Waals surface area contributed by atoms with Crippen molar-refractivity contribution >= 4 is 16.9 Å². The summed E-state index contributed by atoms with van der Waals surface area (Å²) in [5.74, 6) is -1.20. The highest BCUT2D eigenvalue weighted by molar-refractivity contribution is 5.91. The zero-order chi connectivity index (χ0) is 20.0. The van der Waals surface area contributed by atoms with Crippen LogP contribution in [0.2, 0.25) is 0 Å². The number of hydrogen-bond donors (Lipinski definition) is 1. The number of aromatic hydroxyl groups is 1. The van der Waals surface area contributed by atoms with Gasteiger partial charge in [0, 0.05) is 6.92 Å². The maximum Gasteiger partial charge on any atom is 0.383 e. The van der Waals surface area contributed by atoms with Gasteiger partial charge in [0.25, 0.3) is 5.75 Å². The lowest BCUT2D eigenvalue weighted by molar-refractivity contribution is -0.132.